The highest BCUT2D eigenvalue weighted by Gasteiger charge is 2.07. The molecule has 0 radical (unpaired) electrons. The minimum absolute atomic E-state index is 0.155. The van der Waals surface area contributed by atoms with E-state index in [0.29, 0.717) is 29.5 Å². The van der Waals surface area contributed by atoms with E-state index in [1.54, 1.807) is 12.4 Å². The summed E-state index contributed by atoms with van der Waals surface area (Å²) in [7, 11) is 2.01. The molecule has 0 amide bonds. The van der Waals surface area contributed by atoms with Crippen molar-refractivity contribution in [3.8, 4) is 0 Å². The maximum absolute atomic E-state index is 12.3. The minimum atomic E-state index is -0.155. The number of nitrogens with one attached hydrogen (secondary N) is 2. The number of pyridine rings is 1. The Bertz CT molecular complexity index is 929. The molecule has 2 heterocycles. The third-order valence-corrected chi connectivity index (χ3v) is 4.58. The van der Waals surface area contributed by atoms with Crippen LogP contribution in [0.4, 0.5) is 11.8 Å². The van der Waals surface area contributed by atoms with Crippen molar-refractivity contribution >= 4 is 23.4 Å². The van der Waals surface area contributed by atoms with Crippen LogP contribution in [0, 0.1) is 0 Å². The molecule has 27 heavy (non-hydrogen) atoms. The number of nitrogens with zero attached hydrogens (tertiary/aromatic N) is 3. The zero-order chi connectivity index (χ0) is 19.1. The molecule has 0 saturated carbocycles. The molecule has 3 aromatic rings. The maximum atomic E-state index is 12.3. The molecule has 0 aliphatic rings. The number of halogens is 1. The normalized spacial score (nSPS) is 10.6. The zero-order valence-corrected chi connectivity index (χ0v) is 15.9. The highest BCUT2D eigenvalue weighted by Crippen LogP contribution is 2.17. The van der Waals surface area contributed by atoms with Gasteiger partial charge in [-0.2, -0.15) is 0 Å². The van der Waals surface area contributed by atoms with Gasteiger partial charge in [0.25, 0.3) is 5.56 Å². The zero-order valence-electron chi connectivity index (χ0n) is 15.2. The van der Waals surface area contributed by atoms with E-state index in [0.717, 1.165) is 24.3 Å². The molecule has 2 N–H and O–H groups in total. The van der Waals surface area contributed by atoms with E-state index >= 15 is 0 Å². The van der Waals surface area contributed by atoms with Crippen LogP contribution in [-0.4, -0.2) is 35.1 Å². The first-order chi connectivity index (χ1) is 13.1. The third kappa shape index (κ3) is 5.31. The summed E-state index contributed by atoms with van der Waals surface area (Å²) < 4.78 is 0. The van der Waals surface area contributed by atoms with E-state index in [1.165, 1.54) is 0 Å². The molecule has 0 bridgehead atoms. The molecule has 7 heteroatoms. The van der Waals surface area contributed by atoms with Crippen molar-refractivity contribution in [2.75, 3.05) is 30.4 Å². The number of aromatic amines is 1. The predicted octanol–water partition coefficient (Wildman–Crippen LogP) is 3.35. The summed E-state index contributed by atoms with van der Waals surface area (Å²) >= 11 is 6.16. The molecular weight excluding hydrogens is 362 g/mol. The average molecular weight is 384 g/mol. The average Bonchev–Trinajstić information content (AvgIpc) is 2.69. The second kappa shape index (κ2) is 9.19. The van der Waals surface area contributed by atoms with Crippen molar-refractivity contribution in [2.45, 2.75) is 12.8 Å². The Labute approximate surface area is 163 Å². The first-order valence-corrected chi connectivity index (χ1v) is 9.19. The number of aromatic nitrogens is 3. The summed E-state index contributed by atoms with van der Waals surface area (Å²) in [5.74, 6) is 1.41. The van der Waals surface area contributed by atoms with Crippen LogP contribution in [0.3, 0.4) is 0 Å². The van der Waals surface area contributed by atoms with Crippen molar-refractivity contribution in [1.82, 2.24) is 15.0 Å². The Morgan fingerprint density at radius 2 is 1.93 bits per heavy atom. The van der Waals surface area contributed by atoms with Crippen LogP contribution in [0.5, 0.6) is 0 Å². The summed E-state index contributed by atoms with van der Waals surface area (Å²) in [5, 5.41) is 3.80. The Morgan fingerprint density at radius 3 is 2.67 bits per heavy atom. The van der Waals surface area contributed by atoms with Crippen LogP contribution in [-0.2, 0) is 6.42 Å². The Balaban J connectivity index is 1.51. The maximum Gasteiger partial charge on any atom is 0.255 e. The molecule has 3 rings (SSSR count). The summed E-state index contributed by atoms with van der Waals surface area (Å²) in [6.07, 6.45) is 4.72. The van der Waals surface area contributed by atoms with E-state index in [9.17, 15) is 4.79 Å². The lowest BCUT2D eigenvalue weighted by Crippen LogP contribution is -2.23. The largest absolute Gasteiger partial charge is 0.360 e. The van der Waals surface area contributed by atoms with Crippen molar-refractivity contribution in [3.63, 3.8) is 0 Å². The summed E-state index contributed by atoms with van der Waals surface area (Å²) in [4.78, 5) is 25.8. The van der Waals surface area contributed by atoms with Gasteiger partial charge >= 0.3 is 0 Å². The summed E-state index contributed by atoms with van der Waals surface area (Å²) in [5.41, 5.74) is 1.34. The van der Waals surface area contributed by atoms with E-state index < -0.39 is 0 Å². The van der Waals surface area contributed by atoms with Crippen molar-refractivity contribution in [3.05, 3.63) is 81.4 Å². The summed E-state index contributed by atoms with van der Waals surface area (Å²) in [6.45, 7) is 1.54. The second-order valence-corrected chi connectivity index (χ2v) is 6.65. The van der Waals surface area contributed by atoms with Gasteiger partial charge in [-0.1, -0.05) is 35.9 Å². The van der Waals surface area contributed by atoms with Gasteiger partial charge in [0, 0.05) is 49.5 Å². The molecule has 2 aromatic heterocycles. The van der Waals surface area contributed by atoms with Gasteiger partial charge < -0.3 is 10.2 Å². The van der Waals surface area contributed by atoms with Gasteiger partial charge in [0.15, 0.2) is 0 Å². The fourth-order valence-electron chi connectivity index (χ4n) is 2.70. The number of hydrogen-bond donors (Lipinski definition) is 2. The summed E-state index contributed by atoms with van der Waals surface area (Å²) in [6, 6.07) is 13.3. The predicted molar refractivity (Wildman–Crippen MR) is 110 cm³/mol. The van der Waals surface area contributed by atoms with Gasteiger partial charge in [-0.25, -0.2) is 9.97 Å². The Hall–Kier alpha value is -2.86. The molecule has 0 saturated heterocycles. The smallest absolute Gasteiger partial charge is 0.255 e. The number of hydrogen-bond acceptors (Lipinski definition) is 5. The molecule has 0 unspecified atom stereocenters. The van der Waals surface area contributed by atoms with Gasteiger partial charge in [0.2, 0.25) is 5.95 Å². The van der Waals surface area contributed by atoms with Crippen molar-refractivity contribution in [2.24, 2.45) is 0 Å². The minimum Gasteiger partial charge on any atom is -0.360 e. The number of benzene rings is 1. The van der Waals surface area contributed by atoms with Crippen LogP contribution >= 0.6 is 11.6 Å². The highest BCUT2D eigenvalue weighted by molar-refractivity contribution is 6.31. The van der Waals surface area contributed by atoms with E-state index in [1.807, 2.05) is 49.5 Å². The molecular formula is C20H22ClN5O. The molecule has 1 aromatic carbocycles. The van der Waals surface area contributed by atoms with Crippen LogP contribution in [0.25, 0.3) is 0 Å². The fraction of sp³-hybridized carbons (Fsp3) is 0.250. The van der Waals surface area contributed by atoms with Crippen molar-refractivity contribution < 1.29 is 0 Å². The molecule has 0 spiro atoms. The van der Waals surface area contributed by atoms with Crippen molar-refractivity contribution in [1.29, 1.82) is 0 Å². The van der Waals surface area contributed by atoms with Crippen LogP contribution in [0.2, 0.25) is 5.02 Å². The molecule has 6 nitrogen and oxygen atoms in total. The molecule has 0 fully saturated rings. The molecule has 0 atom stereocenters. The first-order valence-electron chi connectivity index (χ1n) is 8.81. The van der Waals surface area contributed by atoms with Gasteiger partial charge in [-0.15, -0.1) is 0 Å². The van der Waals surface area contributed by atoms with Crippen LogP contribution in [0.15, 0.2) is 59.7 Å². The topological polar surface area (TPSA) is 73.9 Å². The first kappa shape index (κ1) is 18.9. The second-order valence-electron chi connectivity index (χ2n) is 6.24. The monoisotopic (exact) mass is 383 g/mol. The Kier molecular flexibility index (Phi) is 6.44. The lowest BCUT2D eigenvalue weighted by molar-refractivity contribution is 0.799. The fourth-order valence-corrected chi connectivity index (χ4v) is 2.90. The van der Waals surface area contributed by atoms with Gasteiger partial charge in [0.1, 0.15) is 5.82 Å². The number of anilines is 2. The standard InChI is InChI=1S/C20H22ClN5O/c1-26(18-9-4-5-10-22-18)12-6-11-23-20-24-14-16(19(27)25-20)13-15-7-2-3-8-17(15)21/h2-5,7-10,14H,6,11-13H2,1H3,(H2,23,24,25,27). The van der Waals surface area contributed by atoms with Gasteiger partial charge in [-0.3, -0.25) is 9.78 Å². The quantitative estimate of drug-likeness (QED) is 0.583. The lowest BCUT2D eigenvalue weighted by Gasteiger charge is -2.17. The van der Waals surface area contributed by atoms with Gasteiger partial charge in [-0.05, 0) is 30.2 Å². The number of H-pyrrole nitrogens is 1. The molecule has 140 valence electrons. The van der Waals surface area contributed by atoms with E-state index in [4.69, 9.17) is 11.6 Å². The number of rotatable bonds is 8. The van der Waals surface area contributed by atoms with Gasteiger partial charge in [0.05, 0.1) is 0 Å². The molecule has 0 aliphatic carbocycles. The SMILES string of the molecule is CN(CCCNc1ncc(Cc2ccccc2Cl)c(=O)[nH]1)c1ccccn1. The Morgan fingerprint density at radius 1 is 1.11 bits per heavy atom. The van der Waals surface area contributed by atoms with E-state index in [-0.39, 0.29) is 5.56 Å². The van der Waals surface area contributed by atoms with Crippen LogP contribution < -0.4 is 15.8 Å². The highest BCUT2D eigenvalue weighted by atomic mass is 35.5. The third-order valence-electron chi connectivity index (χ3n) is 4.21. The lowest BCUT2D eigenvalue weighted by atomic mass is 10.1. The van der Waals surface area contributed by atoms with Crippen LogP contribution in [0.1, 0.15) is 17.5 Å². The molecule has 0 aliphatic heterocycles. The van der Waals surface area contributed by atoms with E-state index in [2.05, 4.69) is 25.2 Å².